The number of benzene rings is 1. The first-order valence-corrected chi connectivity index (χ1v) is 8.22. The monoisotopic (exact) mass is 303 g/mol. The van der Waals surface area contributed by atoms with Crippen molar-refractivity contribution in [3.05, 3.63) is 30.3 Å². The molecule has 2 fully saturated rings. The molecule has 2 aliphatic heterocycles. The first-order chi connectivity index (χ1) is 10.8. The highest BCUT2D eigenvalue weighted by Crippen LogP contribution is 2.15. The van der Waals surface area contributed by atoms with Crippen molar-refractivity contribution >= 4 is 11.6 Å². The zero-order valence-corrected chi connectivity index (χ0v) is 13.0. The Labute approximate surface area is 132 Å². The second-order valence-electron chi connectivity index (χ2n) is 6.04. The maximum Gasteiger partial charge on any atom is 0.234 e. The van der Waals surface area contributed by atoms with Gasteiger partial charge in [0.05, 0.1) is 12.6 Å². The van der Waals surface area contributed by atoms with Crippen molar-refractivity contribution in [1.29, 1.82) is 0 Å². The first kappa shape index (κ1) is 15.3. The molecule has 0 bridgehead atoms. The molecule has 5 heteroatoms. The Kier molecular flexibility index (Phi) is 5.29. The molecule has 120 valence electrons. The number of nitrogens with zero attached hydrogens (tertiary/aromatic N) is 2. The van der Waals surface area contributed by atoms with Gasteiger partial charge in [-0.05, 0) is 25.0 Å². The molecular weight excluding hydrogens is 278 g/mol. The lowest BCUT2D eigenvalue weighted by Gasteiger charge is -2.35. The first-order valence-electron chi connectivity index (χ1n) is 8.22. The molecule has 1 N–H and O–H groups in total. The summed E-state index contributed by atoms with van der Waals surface area (Å²) < 4.78 is 5.52. The van der Waals surface area contributed by atoms with E-state index in [1.165, 1.54) is 5.69 Å². The van der Waals surface area contributed by atoms with Crippen molar-refractivity contribution in [1.82, 2.24) is 10.2 Å². The van der Waals surface area contributed by atoms with Gasteiger partial charge in [-0.25, -0.2) is 0 Å². The fourth-order valence-electron chi connectivity index (χ4n) is 3.09. The lowest BCUT2D eigenvalue weighted by molar-refractivity contribution is -0.122. The second kappa shape index (κ2) is 7.61. The molecule has 0 spiro atoms. The van der Waals surface area contributed by atoms with Gasteiger partial charge in [-0.3, -0.25) is 9.69 Å². The maximum atomic E-state index is 12.0. The average Bonchev–Trinajstić information content (AvgIpc) is 3.08. The van der Waals surface area contributed by atoms with E-state index in [-0.39, 0.29) is 12.0 Å². The molecule has 0 aromatic heterocycles. The molecule has 0 radical (unpaired) electrons. The summed E-state index contributed by atoms with van der Waals surface area (Å²) in [6, 6.07) is 10.5. The van der Waals surface area contributed by atoms with Crippen molar-refractivity contribution in [2.45, 2.75) is 18.9 Å². The zero-order chi connectivity index (χ0) is 15.2. The minimum atomic E-state index is 0.115. The van der Waals surface area contributed by atoms with Crippen LogP contribution in [0.25, 0.3) is 0 Å². The van der Waals surface area contributed by atoms with Crippen LogP contribution >= 0.6 is 0 Å². The van der Waals surface area contributed by atoms with Crippen LogP contribution in [0.5, 0.6) is 0 Å². The van der Waals surface area contributed by atoms with Gasteiger partial charge in [0.1, 0.15) is 0 Å². The minimum absolute atomic E-state index is 0.115. The molecule has 0 aliphatic carbocycles. The number of rotatable bonds is 5. The van der Waals surface area contributed by atoms with Crippen LogP contribution in [-0.4, -0.2) is 62.8 Å². The molecule has 2 saturated heterocycles. The molecule has 22 heavy (non-hydrogen) atoms. The van der Waals surface area contributed by atoms with Gasteiger partial charge in [-0.2, -0.15) is 0 Å². The molecule has 3 rings (SSSR count). The molecule has 5 nitrogen and oxygen atoms in total. The third kappa shape index (κ3) is 4.21. The Morgan fingerprint density at radius 2 is 1.95 bits per heavy atom. The summed E-state index contributed by atoms with van der Waals surface area (Å²) in [5.41, 5.74) is 1.27. The summed E-state index contributed by atoms with van der Waals surface area (Å²) in [4.78, 5) is 16.6. The second-order valence-corrected chi connectivity index (χ2v) is 6.04. The van der Waals surface area contributed by atoms with Gasteiger partial charge in [0, 0.05) is 45.0 Å². The minimum Gasteiger partial charge on any atom is -0.376 e. The van der Waals surface area contributed by atoms with Crippen LogP contribution in [0.4, 0.5) is 5.69 Å². The molecule has 1 amide bonds. The summed E-state index contributed by atoms with van der Waals surface area (Å²) in [5.74, 6) is 0.115. The molecule has 1 aromatic rings. The van der Waals surface area contributed by atoms with E-state index in [1.54, 1.807) is 0 Å². The highest BCUT2D eigenvalue weighted by molar-refractivity contribution is 5.78. The summed E-state index contributed by atoms with van der Waals surface area (Å²) in [7, 11) is 0. The van der Waals surface area contributed by atoms with E-state index in [0.717, 1.165) is 45.6 Å². The van der Waals surface area contributed by atoms with Gasteiger partial charge >= 0.3 is 0 Å². The van der Waals surface area contributed by atoms with Gasteiger partial charge < -0.3 is 15.0 Å². The van der Waals surface area contributed by atoms with Crippen LogP contribution in [0.1, 0.15) is 12.8 Å². The Bertz CT molecular complexity index is 466. The van der Waals surface area contributed by atoms with Crippen LogP contribution in [0.15, 0.2) is 30.3 Å². The van der Waals surface area contributed by atoms with Crippen molar-refractivity contribution in [2.75, 3.05) is 50.8 Å². The summed E-state index contributed by atoms with van der Waals surface area (Å²) >= 11 is 0. The Morgan fingerprint density at radius 1 is 1.18 bits per heavy atom. The lowest BCUT2D eigenvalue weighted by atomic mass is 10.2. The number of nitrogens with one attached hydrogen (secondary N) is 1. The van der Waals surface area contributed by atoms with Gasteiger partial charge in [0.15, 0.2) is 0 Å². The van der Waals surface area contributed by atoms with Crippen LogP contribution in [0.2, 0.25) is 0 Å². The molecule has 0 unspecified atom stereocenters. The molecule has 2 heterocycles. The number of anilines is 1. The van der Waals surface area contributed by atoms with E-state index in [2.05, 4.69) is 39.4 Å². The van der Waals surface area contributed by atoms with Gasteiger partial charge in [0.25, 0.3) is 0 Å². The molecule has 0 saturated carbocycles. The standard InChI is InChI=1S/C17H25N3O2/c21-17(18-13-16-7-4-12-22-16)14-19-8-10-20(11-9-19)15-5-2-1-3-6-15/h1-3,5-6,16H,4,7-14H2,(H,18,21)/t16-/m0/s1. The smallest absolute Gasteiger partial charge is 0.234 e. The fourth-order valence-corrected chi connectivity index (χ4v) is 3.09. The topological polar surface area (TPSA) is 44.8 Å². The van der Waals surface area contributed by atoms with Gasteiger partial charge in [0.2, 0.25) is 5.91 Å². The van der Waals surface area contributed by atoms with Crippen LogP contribution in [0.3, 0.4) is 0 Å². The third-order valence-corrected chi connectivity index (χ3v) is 4.41. The van der Waals surface area contributed by atoms with E-state index in [0.29, 0.717) is 13.1 Å². The third-order valence-electron chi connectivity index (χ3n) is 4.41. The lowest BCUT2D eigenvalue weighted by Crippen LogP contribution is -2.50. The zero-order valence-electron chi connectivity index (χ0n) is 13.0. The predicted molar refractivity (Wildman–Crippen MR) is 87.1 cm³/mol. The SMILES string of the molecule is O=C(CN1CCN(c2ccccc2)CC1)NC[C@@H]1CCCO1. The molecular formula is C17H25N3O2. The van der Waals surface area contributed by atoms with E-state index in [1.807, 2.05) is 6.07 Å². The Morgan fingerprint density at radius 3 is 2.64 bits per heavy atom. The highest BCUT2D eigenvalue weighted by Gasteiger charge is 2.20. The molecule has 1 atom stereocenters. The molecule has 1 aromatic carbocycles. The summed E-state index contributed by atoms with van der Waals surface area (Å²) in [5, 5.41) is 3.00. The number of hydrogen-bond donors (Lipinski definition) is 1. The van der Waals surface area contributed by atoms with E-state index >= 15 is 0 Å². The Hall–Kier alpha value is -1.59. The number of ether oxygens (including phenoxy) is 1. The molecule has 2 aliphatic rings. The number of amides is 1. The quantitative estimate of drug-likeness (QED) is 0.885. The van der Waals surface area contributed by atoms with Gasteiger partial charge in [-0.1, -0.05) is 18.2 Å². The highest BCUT2D eigenvalue weighted by atomic mass is 16.5. The van der Waals surface area contributed by atoms with Crippen molar-refractivity contribution in [3.63, 3.8) is 0 Å². The summed E-state index contributed by atoms with van der Waals surface area (Å²) in [6.45, 7) is 5.80. The van der Waals surface area contributed by atoms with Crippen molar-refractivity contribution in [3.8, 4) is 0 Å². The maximum absolute atomic E-state index is 12.0. The number of carbonyl (C=O) groups excluding carboxylic acids is 1. The number of carbonyl (C=O) groups is 1. The Balaban J connectivity index is 1.37. The fraction of sp³-hybridized carbons (Fsp3) is 0.588. The number of para-hydroxylation sites is 1. The van der Waals surface area contributed by atoms with Gasteiger partial charge in [-0.15, -0.1) is 0 Å². The van der Waals surface area contributed by atoms with E-state index in [9.17, 15) is 4.79 Å². The van der Waals surface area contributed by atoms with Crippen LogP contribution in [-0.2, 0) is 9.53 Å². The number of hydrogen-bond acceptors (Lipinski definition) is 4. The summed E-state index contributed by atoms with van der Waals surface area (Å²) in [6.07, 6.45) is 2.40. The van der Waals surface area contributed by atoms with Crippen LogP contribution < -0.4 is 10.2 Å². The predicted octanol–water partition coefficient (Wildman–Crippen LogP) is 1.10. The van der Waals surface area contributed by atoms with E-state index in [4.69, 9.17) is 4.74 Å². The van der Waals surface area contributed by atoms with Crippen molar-refractivity contribution in [2.24, 2.45) is 0 Å². The normalized spacial score (nSPS) is 22.7. The van der Waals surface area contributed by atoms with Crippen LogP contribution in [0, 0.1) is 0 Å². The number of piperazine rings is 1. The average molecular weight is 303 g/mol. The largest absolute Gasteiger partial charge is 0.376 e. The van der Waals surface area contributed by atoms with E-state index < -0.39 is 0 Å². The van der Waals surface area contributed by atoms with Crippen molar-refractivity contribution < 1.29 is 9.53 Å².